The lowest BCUT2D eigenvalue weighted by Gasteiger charge is -2.24. The third kappa shape index (κ3) is 3.46. The van der Waals surface area contributed by atoms with Crippen LogP contribution < -0.4 is 4.74 Å². The number of methoxy groups -OCH3 is 1. The predicted octanol–water partition coefficient (Wildman–Crippen LogP) is 2.07. The molecule has 0 radical (unpaired) electrons. The summed E-state index contributed by atoms with van der Waals surface area (Å²) in [4.78, 5) is 1.87. The smallest absolute Gasteiger partial charge is 0.233 e. The molecule has 7 heteroatoms. The third-order valence-corrected chi connectivity index (χ3v) is 3.97. The van der Waals surface area contributed by atoms with Gasteiger partial charge in [-0.05, 0) is 30.7 Å². The molecular formula is C16H17F2N3O2. The van der Waals surface area contributed by atoms with E-state index in [9.17, 15) is 13.9 Å². The maximum Gasteiger partial charge on any atom is 0.233 e. The normalized spacial score (nSPS) is 21.6. The number of aliphatic hydroxyl groups is 1. The molecule has 0 bridgehead atoms. The van der Waals surface area contributed by atoms with E-state index < -0.39 is 23.8 Å². The molecule has 5 nitrogen and oxygen atoms in total. The van der Waals surface area contributed by atoms with Crippen LogP contribution in [-0.4, -0.2) is 40.0 Å². The molecule has 3 rings (SSSR count). The van der Waals surface area contributed by atoms with Crippen molar-refractivity contribution >= 4 is 0 Å². The highest BCUT2D eigenvalue weighted by Crippen LogP contribution is 2.34. The van der Waals surface area contributed by atoms with Gasteiger partial charge in [0, 0.05) is 30.8 Å². The Morgan fingerprint density at radius 2 is 2.09 bits per heavy atom. The van der Waals surface area contributed by atoms with Gasteiger partial charge in [-0.15, -0.1) is 5.10 Å². The van der Waals surface area contributed by atoms with Crippen LogP contribution in [0, 0.1) is 11.6 Å². The number of β-amino-alcohol motifs (C(OH)–C–C–N with tert-alkyl or cyclic N) is 1. The number of hydrogen-bond donors (Lipinski definition) is 1. The van der Waals surface area contributed by atoms with Gasteiger partial charge in [0.2, 0.25) is 5.88 Å². The van der Waals surface area contributed by atoms with Gasteiger partial charge in [-0.1, -0.05) is 0 Å². The molecule has 1 saturated heterocycles. The number of hydrogen-bond acceptors (Lipinski definition) is 5. The summed E-state index contributed by atoms with van der Waals surface area (Å²) in [5, 5.41) is 17.9. The minimum atomic E-state index is -0.589. The van der Waals surface area contributed by atoms with Crippen LogP contribution in [0.2, 0.25) is 0 Å². The Labute approximate surface area is 132 Å². The van der Waals surface area contributed by atoms with E-state index in [2.05, 4.69) is 10.2 Å². The monoisotopic (exact) mass is 321 g/mol. The largest absolute Gasteiger partial charge is 0.480 e. The van der Waals surface area contributed by atoms with Crippen molar-refractivity contribution in [2.75, 3.05) is 13.7 Å². The summed E-state index contributed by atoms with van der Waals surface area (Å²) < 4.78 is 32.4. The van der Waals surface area contributed by atoms with Gasteiger partial charge in [-0.2, -0.15) is 5.10 Å². The van der Waals surface area contributed by atoms with E-state index in [1.165, 1.54) is 13.2 Å². The van der Waals surface area contributed by atoms with Crippen LogP contribution in [-0.2, 0) is 6.54 Å². The number of halogens is 2. The van der Waals surface area contributed by atoms with Crippen LogP contribution in [0.4, 0.5) is 8.78 Å². The molecule has 1 aromatic heterocycles. The first kappa shape index (κ1) is 15.8. The zero-order valence-corrected chi connectivity index (χ0v) is 12.6. The Hall–Kier alpha value is -2.12. The second-order valence-electron chi connectivity index (χ2n) is 5.57. The number of aromatic nitrogens is 2. The van der Waals surface area contributed by atoms with E-state index in [0.717, 1.165) is 12.1 Å². The molecule has 122 valence electrons. The van der Waals surface area contributed by atoms with Crippen molar-refractivity contribution in [2.45, 2.75) is 25.1 Å². The molecular weight excluding hydrogens is 304 g/mol. The molecule has 0 unspecified atom stereocenters. The van der Waals surface area contributed by atoms with Gasteiger partial charge in [0.15, 0.2) is 0 Å². The Bertz CT molecular complexity index is 682. The lowest BCUT2D eigenvalue weighted by atomic mass is 10.0. The topological polar surface area (TPSA) is 58.5 Å². The second-order valence-corrected chi connectivity index (χ2v) is 5.57. The first-order chi connectivity index (χ1) is 11.1. The molecule has 0 saturated carbocycles. The number of nitrogens with zero attached hydrogens (tertiary/aromatic N) is 3. The van der Waals surface area contributed by atoms with E-state index >= 15 is 0 Å². The first-order valence-electron chi connectivity index (χ1n) is 7.30. The van der Waals surface area contributed by atoms with Crippen LogP contribution in [0.3, 0.4) is 0 Å². The SMILES string of the molecule is COc1ccc(CN2C[C@H](O)C[C@H]2c2cc(F)ccc2F)nn1. The summed E-state index contributed by atoms with van der Waals surface area (Å²) in [5.74, 6) is -0.564. The summed E-state index contributed by atoms with van der Waals surface area (Å²) in [6.07, 6.45) is -0.238. The van der Waals surface area contributed by atoms with Crippen LogP contribution in [0.1, 0.15) is 23.7 Å². The van der Waals surface area contributed by atoms with E-state index in [-0.39, 0.29) is 5.56 Å². The van der Waals surface area contributed by atoms with Gasteiger partial charge >= 0.3 is 0 Å². The summed E-state index contributed by atoms with van der Waals surface area (Å²) in [5.41, 5.74) is 0.921. The molecule has 1 aromatic carbocycles. The lowest BCUT2D eigenvalue weighted by Crippen LogP contribution is -2.25. The zero-order chi connectivity index (χ0) is 16.4. The van der Waals surface area contributed by atoms with Gasteiger partial charge < -0.3 is 9.84 Å². The molecule has 2 aromatic rings. The average Bonchev–Trinajstić information content (AvgIpc) is 2.91. The molecule has 1 fully saturated rings. The number of rotatable bonds is 4. The van der Waals surface area contributed by atoms with Crippen LogP contribution >= 0.6 is 0 Å². The summed E-state index contributed by atoms with van der Waals surface area (Å²) in [7, 11) is 1.50. The molecule has 1 N–H and O–H groups in total. The van der Waals surface area contributed by atoms with Crippen molar-refractivity contribution in [3.05, 3.63) is 53.2 Å². The fourth-order valence-electron chi connectivity index (χ4n) is 2.90. The van der Waals surface area contributed by atoms with Gasteiger partial charge in [-0.25, -0.2) is 8.78 Å². The van der Waals surface area contributed by atoms with Crippen molar-refractivity contribution in [3.63, 3.8) is 0 Å². The maximum absolute atomic E-state index is 14.0. The van der Waals surface area contributed by atoms with Crippen molar-refractivity contribution in [1.29, 1.82) is 0 Å². The highest BCUT2D eigenvalue weighted by molar-refractivity contribution is 5.24. The Morgan fingerprint density at radius 1 is 1.26 bits per heavy atom. The Balaban J connectivity index is 1.83. The van der Waals surface area contributed by atoms with Crippen LogP contribution in [0.5, 0.6) is 5.88 Å². The maximum atomic E-state index is 14.0. The van der Waals surface area contributed by atoms with Gasteiger partial charge in [0.25, 0.3) is 0 Å². The quantitative estimate of drug-likeness (QED) is 0.934. The van der Waals surface area contributed by atoms with Crippen LogP contribution in [0.25, 0.3) is 0 Å². The van der Waals surface area contributed by atoms with E-state index in [1.807, 2.05) is 4.90 Å². The average molecular weight is 321 g/mol. The van der Waals surface area contributed by atoms with Crippen molar-refractivity contribution < 1.29 is 18.6 Å². The highest BCUT2D eigenvalue weighted by Gasteiger charge is 2.34. The van der Waals surface area contributed by atoms with E-state index in [4.69, 9.17) is 4.74 Å². The second kappa shape index (κ2) is 6.55. The summed E-state index contributed by atoms with van der Waals surface area (Å²) in [6.45, 7) is 0.753. The van der Waals surface area contributed by atoms with Crippen molar-refractivity contribution in [1.82, 2.24) is 15.1 Å². The summed E-state index contributed by atoms with van der Waals surface area (Å²) in [6, 6.07) is 6.43. The molecule has 0 spiro atoms. The molecule has 0 aliphatic carbocycles. The third-order valence-electron chi connectivity index (χ3n) is 3.97. The minimum Gasteiger partial charge on any atom is -0.480 e. The number of aliphatic hydroxyl groups excluding tert-OH is 1. The van der Waals surface area contributed by atoms with Crippen LogP contribution in [0.15, 0.2) is 30.3 Å². The van der Waals surface area contributed by atoms with E-state index in [0.29, 0.717) is 31.1 Å². The minimum absolute atomic E-state index is 0.253. The lowest BCUT2D eigenvalue weighted by molar-refractivity contribution is 0.171. The summed E-state index contributed by atoms with van der Waals surface area (Å²) >= 11 is 0. The van der Waals surface area contributed by atoms with Crippen molar-refractivity contribution in [3.8, 4) is 5.88 Å². The van der Waals surface area contributed by atoms with E-state index in [1.54, 1.807) is 12.1 Å². The highest BCUT2D eigenvalue weighted by atomic mass is 19.1. The molecule has 1 aliphatic heterocycles. The fraction of sp³-hybridized carbons (Fsp3) is 0.375. The van der Waals surface area contributed by atoms with Gasteiger partial charge in [0.1, 0.15) is 11.6 Å². The van der Waals surface area contributed by atoms with Gasteiger partial charge in [0.05, 0.1) is 18.9 Å². The molecule has 23 heavy (non-hydrogen) atoms. The molecule has 0 amide bonds. The number of benzene rings is 1. The molecule has 2 heterocycles. The predicted molar refractivity (Wildman–Crippen MR) is 78.7 cm³/mol. The van der Waals surface area contributed by atoms with Crippen molar-refractivity contribution in [2.24, 2.45) is 0 Å². The standard InChI is InChI=1S/C16H17F2N3O2/c1-23-16-5-3-11(19-20-16)8-21-9-12(22)7-15(21)13-6-10(17)2-4-14(13)18/h2-6,12,15,22H,7-9H2,1H3/t12-,15+/m1/s1. The number of likely N-dealkylation sites (tertiary alicyclic amines) is 1. The Morgan fingerprint density at radius 3 is 2.78 bits per heavy atom. The zero-order valence-electron chi connectivity index (χ0n) is 12.6. The molecule has 1 aliphatic rings. The molecule has 2 atom stereocenters. The first-order valence-corrected chi connectivity index (χ1v) is 7.30. The number of ether oxygens (including phenoxy) is 1. The Kier molecular flexibility index (Phi) is 4.49. The fourth-order valence-corrected chi connectivity index (χ4v) is 2.90. The van der Waals surface area contributed by atoms with Gasteiger partial charge in [-0.3, -0.25) is 4.90 Å².